The molecule has 0 fully saturated rings. The highest BCUT2D eigenvalue weighted by Gasteiger charge is 2.40. The van der Waals surface area contributed by atoms with Crippen molar-refractivity contribution in [2.24, 2.45) is 0 Å². The third-order valence-electron chi connectivity index (χ3n) is 3.54. The molecule has 1 aromatic rings. The number of nitriles is 1. The lowest BCUT2D eigenvalue weighted by molar-refractivity contribution is -0.136. The van der Waals surface area contributed by atoms with E-state index in [1.165, 1.54) is 13.3 Å². The largest absolute Gasteiger partial charge is 0.512 e. The van der Waals surface area contributed by atoms with Gasteiger partial charge >= 0.3 is 5.97 Å². The Balaban J connectivity index is 2.42. The number of aliphatic hydroxyl groups is 1. The summed E-state index contributed by atoms with van der Waals surface area (Å²) in [4.78, 5) is 15.7. The van der Waals surface area contributed by atoms with Crippen molar-refractivity contribution in [3.63, 3.8) is 0 Å². The summed E-state index contributed by atoms with van der Waals surface area (Å²) in [5.41, 5.74) is -0.0681. The van der Waals surface area contributed by atoms with Crippen LogP contribution in [0.3, 0.4) is 0 Å². The van der Waals surface area contributed by atoms with E-state index < -0.39 is 11.4 Å². The second kappa shape index (κ2) is 5.51. The summed E-state index contributed by atoms with van der Waals surface area (Å²) in [5.74, 6) is -0.617. The summed E-state index contributed by atoms with van der Waals surface area (Å²) in [7, 11) is 1.25. The number of esters is 1. The Morgan fingerprint density at radius 2 is 2.35 bits per heavy atom. The summed E-state index contributed by atoms with van der Waals surface area (Å²) in [5, 5.41) is 19.7. The molecule has 1 aliphatic rings. The number of carbonyl (C=O) groups is 1. The number of ether oxygens (including phenoxy) is 1. The van der Waals surface area contributed by atoms with Crippen LogP contribution in [-0.4, -0.2) is 23.2 Å². The minimum Gasteiger partial charge on any atom is -0.512 e. The molecule has 0 aromatic carbocycles. The Hall–Kier alpha value is -2.06. The predicted octanol–water partition coefficient (Wildman–Crippen LogP) is 2.67. The molecule has 0 saturated carbocycles. The second-order valence-corrected chi connectivity index (χ2v) is 5.04. The second-order valence-electron chi connectivity index (χ2n) is 4.66. The van der Waals surface area contributed by atoms with E-state index in [2.05, 4.69) is 15.8 Å². The Labute approximate surface area is 121 Å². The van der Waals surface area contributed by atoms with Gasteiger partial charge in [0.25, 0.3) is 0 Å². The van der Waals surface area contributed by atoms with Gasteiger partial charge in [0.05, 0.1) is 24.2 Å². The zero-order chi connectivity index (χ0) is 14.8. The van der Waals surface area contributed by atoms with Crippen LogP contribution in [0.25, 0.3) is 0 Å². The van der Waals surface area contributed by atoms with Crippen LogP contribution in [0.5, 0.6) is 0 Å². The molecule has 0 bridgehead atoms. The van der Waals surface area contributed by atoms with E-state index >= 15 is 0 Å². The molecular weight excluding hydrogens is 280 g/mol. The zero-order valence-corrected chi connectivity index (χ0v) is 11.6. The number of pyridine rings is 1. The van der Waals surface area contributed by atoms with Gasteiger partial charge in [-0.1, -0.05) is 17.7 Å². The van der Waals surface area contributed by atoms with Gasteiger partial charge < -0.3 is 9.84 Å². The fourth-order valence-corrected chi connectivity index (χ4v) is 2.47. The van der Waals surface area contributed by atoms with E-state index in [1.54, 1.807) is 12.1 Å². The van der Waals surface area contributed by atoms with Crippen molar-refractivity contribution >= 4 is 17.6 Å². The number of nitrogens with zero attached hydrogens (tertiary/aromatic N) is 2. The van der Waals surface area contributed by atoms with Gasteiger partial charge in [-0.05, 0) is 18.1 Å². The van der Waals surface area contributed by atoms with Crippen LogP contribution < -0.4 is 0 Å². The fourth-order valence-electron chi connectivity index (χ4n) is 2.35. The van der Waals surface area contributed by atoms with Gasteiger partial charge in [0.15, 0.2) is 0 Å². The topological polar surface area (TPSA) is 83.2 Å². The summed E-state index contributed by atoms with van der Waals surface area (Å²) in [6.45, 7) is 0. The lowest BCUT2D eigenvalue weighted by Crippen LogP contribution is -2.31. The molecule has 5 nitrogen and oxygen atoms in total. The maximum atomic E-state index is 11.7. The maximum Gasteiger partial charge on any atom is 0.337 e. The lowest BCUT2D eigenvalue weighted by Gasteiger charge is -2.31. The highest BCUT2D eigenvalue weighted by atomic mass is 35.5. The number of hydrogen-bond acceptors (Lipinski definition) is 5. The predicted molar refractivity (Wildman–Crippen MR) is 72.1 cm³/mol. The molecular formula is C14H13ClN2O3. The number of halogens is 1. The van der Waals surface area contributed by atoms with E-state index in [4.69, 9.17) is 11.6 Å². The van der Waals surface area contributed by atoms with Crippen molar-refractivity contribution in [3.05, 3.63) is 40.4 Å². The van der Waals surface area contributed by atoms with Crippen molar-refractivity contribution < 1.29 is 14.6 Å². The number of rotatable bonds is 2. The molecule has 1 N–H and O–H groups in total. The molecule has 2 rings (SSSR count). The first kappa shape index (κ1) is 14.4. The first-order valence-electron chi connectivity index (χ1n) is 6.05. The average Bonchev–Trinajstić information content (AvgIpc) is 2.48. The standard InChI is InChI=1S/C14H13ClN2O3/c1-20-13(19)10-6-14(8-16,5-4-11(10)18)9-2-3-12(15)17-7-9/h2-3,7,18H,4-6H2,1H3/t14-/m0/s1. The first-order chi connectivity index (χ1) is 9.52. The minimum absolute atomic E-state index is 0.00959. The van der Waals surface area contributed by atoms with Gasteiger partial charge in [-0.3, -0.25) is 0 Å². The SMILES string of the molecule is COC(=O)C1=C(O)CC[C@](C#N)(c2ccc(Cl)nc2)C1. The van der Waals surface area contributed by atoms with Gasteiger partial charge in [-0.25, -0.2) is 9.78 Å². The lowest BCUT2D eigenvalue weighted by atomic mass is 9.70. The van der Waals surface area contributed by atoms with E-state index in [-0.39, 0.29) is 24.2 Å². The molecule has 6 heteroatoms. The highest BCUT2D eigenvalue weighted by molar-refractivity contribution is 6.29. The molecule has 0 amide bonds. The molecule has 104 valence electrons. The smallest absolute Gasteiger partial charge is 0.337 e. The summed E-state index contributed by atoms with van der Waals surface area (Å²) >= 11 is 5.75. The van der Waals surface area contributed by atoms with Gasteiger partial charge in [-0.15, -0.1) is 0 Å². The molecule has 1 aliphatic carbocycles. The number of allylic oxidation sites excluding steroid dienone is 1. The van der Waals surface area contributed by atoms with Crippen molar-refractivity contribution in [1.82, 2.24) is 4.98 Å². The van der Waals surface area contributed by atoms with E-state index in [0.29, 0.717) is 17.1 Å². The summed E-state index contributed by atoms with van der Waals surface area (Å²) in [6.07, 6.45) is 2.30. The van der Waals surface area contributed by atoms with Crippen LogP contribution in [0, 0.1) is 11.3 Å². The van der Waals surface area contributed by atoms with Crippen LogP contribution in [0.1, 0.15) is 24.8 Å². The summed E-state index contributed by atoms with van der Waals surface area (Å²) in [6, 6.07) is 5.57. The molecule has 0 aliphatic heterocycles. The fraction of sp³-hybridized carbons (Fsp3) is 0.357. The Kier molecular flexibility index (Phi) is 3.96. The average molecular weight is 293 g/mol. The van der Waals surface area contributed by atoms with E-state index in [9.17, 15) is 15.2 Å². The number of methoxy groups -OCH3 is 1. The molecule has 0 unspecified atom stereocenters. The Morgan fingerprint density at radius 1 is 1.60 bits per heavy atom. The van der Waals surface area contributed by atoms with Gasteiger partial charge in [0.1, 0.15) is 10.9 Å². The molecule has 1 atom stereocenters. The Bertz CT molecular complexity index is 604. The number of hydrogen-bond donors (Lipinski definition) is 1. The van der Waals surface area contributed by atoms with Gasteiger partial charge in [-0.2, -0.15) is 5.26 Å². The van der Waals surface area contributed by atoms with Crippen LogP contribution in [-0.2, 0) is 14.9 Å². The maximum absolute atomic E-state index is 11.7. The number of aromatic nitrogens is 1. The van der Waals surface area contributed by atoms with E-state index in [1.807, 2.05) is 0 Å². The summed E-state index contributed by atoms with van der Waals surface area (Å²) < 4.78 is 4.65. The normalized spacial score (nSPS) is 22.2. The van der Waals surface area contributed by atoms with Crippen LogP contribution in [0.4, 0.5) is 0 Å². The molecule has 0 saturated heterocycles. The zero-order valence-electron chi connectivity index (χ0n) is 10.9. The van der Waals surface area contributed by atoms with Crippen LogP contribution in [0.2, 0.25) is 5.15 Å². The monoisotopic (exact) mass is 292 g/mol. The third kappa shape index (κ3) is 2.47. The van der Waals surface area contributed by atoms with Crippen molar-refractivity contribution in [2.45, 2.75) is 24.7 Å². The third-order valence-corrected chi connectivity index (χ3v) is 3.76. The Morgan fingerprint density at radius 3 is 2.90 bits per heavy atom. The highest BCUT2D eigenvalue weighted by Crippen LogP contribution is 2.41. The minimum atomic E-state index is -0.895. The molecule has 0 spiro atoms. The van der Waals surface area contributed by atoms with Gasteiger partial charge in [0, 0.05) is 19.0 Å². The number of carbonyl (C=O) groups excluding carboxylic acids is 1. The first-order valence-corrected chi connectivity index (χ1v) is 6.43. The molecule has 1 aromatic heterocycles. The van der Waals surface area contributed by atoms with Crippen molar-refractivity contribution in [2.75, 3.05) is 7.11 Å². The van der Waals surface area contributed by atoms with Crippen molar-refractivity contribution in [3.8, 4) is 6.07 Å². The van der Waals surface area contributed by atoms with Crippen molar-refractivity contribution in [1.29, 1.82) is 5.26 Å². The van der Waals surface area contributed by atoms with Crippen LogP contribution >= 0.6 is 11.6 Å². The van der Waals surface area contributed by atoms with Crippen LogP contribution in [0.15, 0.2) is 29.7 Å². The quantitative estimate of drug-likeness (QED) is 0.669. The van der Waals surface area contributed by atoms with Gasteiger partial charge in [0.2, 0.25) is 0 Å². The molecule has 20 heavy (non-hydrogen) atoms. The molecule has 0 radical (unpaired) electrons. The van der Waals surface area contributed by atoms with E-state index in [0.717, 1.165) is 0 Å². The number of aliphatic hydroxyl groups excluding tert-OH is 1. The molecule has 1 heterocycles.